The van der Waals surface area contributed by atoms with Crippen LogP contribution < -0.4 is 10.5 Å². The number of amides is 1. The fraction of sp³-hybridized carbons (Fsp3) is 0.476. The molecule has 0 saturated carbocycles. The van der Waals surface area contributed by atoms with Gasteiger partial charge in [-0.3, -0.25) is 14.2 Å². The van der Waals surface area contributed by atoms with Crippen molar-refractivity contribution in [1.82, 2.24) is 14.5 Å². The van der Waals surface area contributed by atoms with Crippen molar-refractivity contribution in [2.24, 2.45) is 5.92 Å². The van der Waals surface area contributed by atoms with Gasteiger partial charge in [0.15, 0.2) is 0 Å². The van der Waals surface area contributed by atoms with Crippen LogP contribution in [0.1, 0.15) is 19.3 Å². The number of benzene rings is 1. The Labute approximate surface area is 163 Å². The van der Waals surface area contributed by atoms with Gasteiger partial charge >= 0.3 is 0 Å². The summed E-state index contributed by atoms with van der Waals surface area (Å²) in [4.78, 5) is 33.7. The Morgan fingerprint density at radius 1 is 1.18 bits per heavy atom. The first-order chi connectivity index (χ1) is 13.7. The first-order valence-corrected chi connectivity index (χ1v) is 9.96. The maximum Gasteiger partial charge on any atom is 0.261 e. The highest BCUT2D eigenvalue weighted by molar-refractivity contribution is 5.82. The molecule has 1 atom stereocenters. The number of carbonyl (C=O) groups excluding carboxylic acids is 1. The Balaban J connectivity index is 1.45. The van der Waals surface area contributed by atoms with Gasteiger partial charge in [0.05, 0.1) is 30.4 Å². The van der Waals surface area contributed by atoms with Crippen LogP contribution in [0.25, 0.3) is 10.9 Å². The minimum atomic E-state index is -0.137. The van der Waals surface area contributed by atoms with Gasteiger partial charge in [0.1, 0.15) is 0 Å². The van der Waals surface area contributed by atoms with Gasteiger partial charge in [0, 0.05) is 37.8 Å². The van der Waals surface area contributed by atoms with Crippen molar-refractivity contribution < 1.29 is 9.90 Å². The molecule has 2 heterocycles. The second-order valence-electron chi connectivity index (χ2n) is 7.46. The average Bonchev–Trinajstić information content (AvgIpc) is 2.76. The van der Waals surface area contributed by atoms with Gasteiger partial charge in [0.25, 0.3) is 5.56 Å². The number of hydrogen-bond acceptors (Lipinski definition) is 5. The van der Waals surface area contributed by atoms with Crippen molar-refractivity contribution in [3.63, 3.8) is 0 Å². The maximum atomic E-state index is 12.7. The SMILES string of the molecule is O=C(C1CC=CCC1)N1CCN(c2ccc3c(=O)n(CCO)cnc3c2)CC1. The lowest BCUT2D eigenvalue weighted by Crippen LogP contribution is -2.50. The van der Waals surface area contributed by atoms with E-state index in [0.29, 0.717) is 10.9 Å². The second kappa shape index (κ2) is 8.14. The smallest absolute Gasteiger partial charge is 0.261 e. The molecule has 1 aromatic heterocycles. The zero-order valence-corrected chi connectivity index (χ0v) is 16.0. The second-order valence-corrected chi connectivity index (χ2v) is 7.46. The highest BCUT2D eigenvalue weighted by Gasteiger charge is 2.27. The molecule has 2 aromatic rings. The first kappa shape index (κ1) is 18.7. The number of fused-ring (bicyclic) bond motifs is 1. The van der Waals surface area contributed by atoms with Crippen LogP contribution in [-0.2, 0) is 11.3 Å². The molecule has 1 N–H and O–H groups in total. The molecule has 148 valence electrons. The molecular weight excluding hydrogens is 356 g/mol. The summed E-state index contributed by atoms with van der Waals surface area (Å²) in [6.07, 6.45) is 8.59. The van der Waals surface area contributed by atoms with E-state index >= 15 is 0 Å². The Kier molecular flexibility index (Phi) is 5.43. The van der Waals surface area contributed by atoms with Gasteiger partial charge < -0.3 is 14.9 Å². The quantitative estimate of drug-likeness (QED) is 0.809. The van der Waals surface area contributed by atoms with E-state index in [-0.39, 0.29) is 30.5 Å². The predicted molar refractivity (Wildman–Crippen MR) is 108 cm³/mol. The highest BCUT2D eigenvalue weighted by atomic mass is 16.3. The number of aliphatic hydroxyl groups is 1. The Bertz CT molecular complexity index is 944. The van der Waals surface area contributed by atoms with E-state index in [1.807, 2.05) is 17.0 Å². The van der Waals surface area contributed by atoms with Gasteiger partial charge in [-0.25, -0.2) is 4.98 Å². The molecule has 1 amide bonds. The molecule has 7 heteroatoms. The first-order valence-electron chi connectivity index (χ1n) is 9.96. The maximum absolute atomic E-state index is 12.7. The van der Waals surface area contributed by atoms with Crippen molar-refractivity contribution >= 4 is 22.5 Å². The molecular formula is C21H26N4O3. The number of aromatic nitrogens is 2. The molecule has 0 bridgehead atoms. The van der Waals surface area contributed by atoms with Gasteiger partial charge in [-0.15, -0.1) is 0 Å². The molecule has 7 nitrogen and oxygen atoms in total. The highest BCUT2D eigenvalue weighted by Crippen LogP contribution is 2.24. The van der Waals surface area contributed by atoms with Crippen LogP contribution in [-0.4, -0.2) is 58.3 Å². The summed E-state index contributed by atoms with van der Waals surface area (Å²) in [6.45, 7) is 3.16. The third kappa shape index (κ3) is 3.67. The van der Waals surface area contributed by atoms with E-state index in [0.717, 1.165) is 51.1 Å². The minimum Gasteiger partial charge on any atom is -0.395 e. The van der Waals surface area contributed by atoms with Crippen molar-refractivity contribution in [3.8, 4) is 0 Å². The Morgan fingerprint density at radius 3 is 2.71 bits per heavy atom. The summed E-state index contributed by atoms with van der Waals surface area (Å²) >= 11 is 0. The molecule has 0 radical (unpaired) electrons. The molecule has 1 fully saturated rings. The van der Waals surface area contributed by atoms with E-state index in [2.05, 4.69) is 22.0 Å². The largest absolute Gasteiger partial charge is 0.395 e. The third-order valence-electron chi connectivity index (χ3n) is 5.72. The number of aliphatic hydroxyl groups excluding tert-OH is 1. The van der Waals surface area contributed by atoms with Crippen LogP contribution >= 0.6 is 0 Å². The number of hydrogen-bond donors (Lipinski definition) is 1. The van der Waals surface area contributed by atoms with E-state index in [9.17, 15) is 9.59 Å². The molecule has 1 aromatic carbocycles. The predicted octanol–water partition coefficient (Wildman–Crippen LogP) is 1.39. The molecule has 2 aliphatic rings. The van der Waals surface area contributed by atoms with Crippen LogP contribution in [0.3, 0.4) is 0 Å². The Hall–Kier alpha value is -2.67. The lowest BCUT2D eigenvalue weighted by Gasteiger charge is -2.37. The average molecular weight is 382 g/mol. The number of piperazine rings is 1. The molecule has 1 saturated heterocycles. The zero-order chi connectivity index (χ0) is 19.5. The fourth-order valence-corrected chi connectivity index (χ4v) is 4.07. The molecule has 1 aliphatic carbocycles. The van der Waals surface area contributed by atoms with Crippen LogP contribution in [0.5, 0.6) is 0 Å². The summed E-state index contributed by atoms with van der Waals surface area (Å²) < 4.78 is 1.42. The van der Waals surface area contributed by atoms with E-state index in [1.165, 1.54) is 10.9 Å². The topological polar surface area (TPSA) is 78.7 Å². The summed E-state index contributed by atoms with van der Waals surface area (Å²) in [7, 11) is 0. The minimum absolute atomic E-state index is 0.0919. The van der Waals surface area contributed by atoms with Gasteiger partial charge in [-0.05, 0) is 37.5 Å². The zero-order valence-electron chi connectivity index (χ0n) is 16.0. The van der Waals surface area contributed by atoms with Crippen molar-refractivity contribution in [2.45, 2.75) is 25.8 Å². The van der Waals surface area contributed by atoms with Crippen LogP contribution in [0.4, 0.5) is 5.69 Å². The Morgan fingerprint density at radius 2 is 2.00 bits per heavy atom. The monoisotopic (exact) mass is 382 g/mol. The van der Waals surface area contributed by atoms with Crippen molar-refractivity contribution in [2.75, 3.05) is 37.7 Å². The standard InChI is InChI=1S/C21H26N4O3/c26-13-12-25-15-22-19-14-17(6-7-18(19)21(25)28)23-8-10-24(11-9-23)20(27)16-4-2-1-3-5-16/h1-2,6-7,14-16,26H,3-5,8-13H2. The van der Waals surface area contributed by atoms with E-state index < -0.39 is 0 Å². The molecule has 4 rings (SSSR count). The summed E-state index contributed by atoms with van der Waals surface area (Å²) in [6, 6.07) is 5.68. The lowest BCUT2D eigenvalue weighted by molar-refractivity contribution is -0.136. The third-order valence-corrected chi connectivity index (χ3v) is 5.72. The molecule has 28 heavy (non-hydrogen) atoms. The molecule has 1 unspecified atom stereocenters. The van der Waals surface area contributed by atoms with Crippen LogP contribution in [0, 0.1) is 5.92 Å². The molecule has 1 aliphatic heterocycles. The van der Waals surface area contributed by atoms with Gasteiger partial charge in [0.2, 0.25) is 5.91 Å². The molecule has 0 spiro atoms. The number of nitrogens with zero attached hydrogens (tertiary/aromatic N) is 4. The fourth-order valence-electron chi connectivity index (χ4n) is 4.07. The van der Waals surface area contributed by atoms with Gasteiger partial charge in [-0.1, -0.05) is 12.2 Å². The van der Waals surface area contributed by atoms with Crippen molar-refractivity contribution in [3.05, 3.63) is 47.0 Å². The summed E-state index contributed by atoms with van der Waals surface area (Å²) in [5.41, 5.74) is 1.54. The number of rotatable bonds is 4. The van der Waals surface area contributed by atoms with Crippen LogP contribution in [0.15, 0.2) is 41.5 Å². The number of anilines is 1. The summed E-state index contributed by atoms with van der Waals surface area (Å²) in [5.74, 6) is 0.427. The number of carbonyl (C=O) groups is 1. The van der Waals surface area contributed by atoms with Gasteiger partial charge in [-0.2, -0.15) is 0 Å². The van der Waals surface area contributed by atoms with E-state index in [4.69, 9.17) is 5.11 Å². The normalized spacial score (nSPS) is 20.0. The lowest BCUT2D eigenvalue weighted by atomic mass is 9.93. The van der Waals surface area contributed by atoms with Crippen molar-refractivity contribution in [1.29, 1.82) is 0 Å². The summed E-state index contributed by atoms with van der Waals surface area (Å²) in [5, 5.41) is 9.60. The van der Waals surface area contributed by atoms with Crippen LogP contribution in [0.2, 0.25) is 0 Å². The van der Waals surface area contributed by atoms with E-state index in [1.54, 1.807) is 6.07 Å². The number of allylic oxidation sites excluding steroid dienone is 2.